The van der Waals surface area contributed by atoms with Gasteiger partial charge in [-0.15, -0.1) is 0 Å². The highest BCUT2D eigenvalue weighted by molar-refractivity contribution is 5.78. The fourth-order valence-electron chi connectivity index (χ4n) is 4.42. The smallest absolute Gasteiger partial charge is 0.234 e. The summed E-state index contributed by atoms with van der Waals surface area (Å²) in [5.41, 5.74) is 7.61. The molecule has 25 heavy (non-hydrogen) atoms. The van der Waals surface area contributed by atoms with Crippen molar-refractivity contribution in [1.29, 1.82) is 0 Å². The van der Waals surface area contributed by atoms with Crippen LogP contribution in [0.3, 0.4) is 0 Å². The number of hydrogen-bond donors (Lipinski definition) is 2. The molecule has 1 aliphatic carbocycles. The molecule has 2 aliphatic heterocycles. The molecule has 136 valence electrons. The average Bonchev–Trinajstić information content (AvgIpc) is 3.40. The van der Waals surface area contributed by atoms with Crippen molar-refractivity contribution in [3.05, 3.63) is 35.9 Å². The Balaban J connectivity index is 1.23. The Morgan fingerprint density at radius 3 is 2.48 bits per heavy atom. The summed E-state index contributed by atoms with van der Waals surface area (Å²) in [5, 5.41) is 3.25. The van der Waals surface area contributed by atoms with Crippen LogP contribution in [0.15, 0.2) is 30.3 Å². The lowest BCUT2D eigenvalue weighted by atomic mass is 9.95. The molecule has 0 bridgehead atoms. The molecule has 0 radical (unpaired) electrons. The van der Waals surface area contributed by atoms with Gasteiger partial charge in [-0.25, -0.2) is 0 Å². The van der Waals surface area contributed by atoms with Crippen molar-refractivity contribution in [2.45, 2.75) is 49.7 Å². The molecule has 0 spiro atoms. The van der Waals surface area contributed by atoms with Crippen LogP contribution in [0.4, 0.5) is 0 Å². The van der Waals surface area contributed by atoms with E-state index in [9.17, 15) is 4.79 Å². The number of nitrogens with one attached hydrogen (secondary N) is 1. The maximum Gasteiger partial charge on any atom is 0.234 e. The molecule has 0 unspecified atom stereocenters. The van der Waals surface area contributed by atoms with Crippen LogP contribution in [-0.4, -0.2) is 66.6 Å². The lowest BCUT2D eigenvalue weighted by Gasteiger charge is -2.32. The Labute approximate surface area is 150 Å². The van der Waals surface area contributed by atoms with E-state index in [4.69, 9.17) is 5.73 Å². The molecule has 1 amide bonds. The molecule has 5 heteroatoms. The molecule has 2 atom stereocenters. The molecule has 0 aromatic heterocycles. The predicted octanol–water partition coefficient (Wildman–Crippen LogP) is 1.16. The van der Waals surface area contributed by atoms with Gasteiger partial charge in [-0.1, -0.05) is 30.3 Å². The van der Waals surface area contributed by atoms with Crippen LogP contribution in [-0.2, 0) is 4.79 Å². The van der Waals surface area contributed by atoms with Gasteiger partial charge in [0, 0.05) is 50.2 Å². The fourth-order valence-corrected chi connectivity index (χ4v) is 4.42. The maximum absolute atomic E-state index is 12.4. The summed E-state index contributed by atoms with van der Waals surface area (Å²) >= 11 is 0. The van der Waals surface area contributed by atoms with Crippen molar-refractivity contribution in [2.24, 2.45) is 5.73 Å². The second-order valence-corrected chi connectivity index (χ2v) is 7.98. The number of carbonyl (C=O) groups excluding carboxylic acids is 1. The highest BCUT2D eigenvalue weighted by Crippen LogP contribution is 2.29. The number of nitrogens with zero attached hydrogens (tertiary/aromatic N) is 2. The predicted molar refractivity (Wildman–Crippen MR) is 99.4 cm³/mol. The first-order valence-electron chi connectivity index (χ1n) is 9.75. The molecule has 4 rings (SSSR count). The van der Waals surface area contributed by atoms with Gasteiger partial charge in [-0.05, 0) is 31.2 Å². The van der Waals surface area contributed by atoms with Gasteiger partial charge in [0.05, 0.1) is 6.54 Å². The topological polar surface area (TPSA) is 61.6 Å². The minimum Gasteiger partial charge on any atom is -0.352 e. The third kappa shape index (κ3) is 4.22. The summed E-state index contributed by atoms with van der Waals surface area (Å²) in [6.07, 6.45) is 4.92. The third-order valence-electron chi connectivity index (χ3n) is 5.99. The summed E-state index contributed by atoms with van der Waals surface area (Å²) in [6.45, 7) is 4.42. The van der Waals surface area contributed by atoms with Crippen LogP contribution >= 0.6 is 0 Å². The van der Waals surface area contributed by atoms with E-state index in [2.05, 4.69) is 39.4 Å². The van der Waals surface area contributed by atoms with Gasteiger partial charge in [0.1, 0.15) is 0 Å². The number of hydrogen-bond acceptors (Lipinski definition) is 4. The summed E-state index contributed by atoms with van der Waals surface area (Å²) < 4.78 is 0. The number of nitrogens with two attached hydrogens (primary N) is 1. The maximum atomic E-state index is 12.4. The lowest BCUT2D eigenvalue weighted by molar-refractivity contribution is -0.123. The molecule has 2 heterocycles. The summed E-state index contributed by atoms with van der Waals surface area (Å²) in [6, 6.07) is 11.7. The van der Waals surface area contributed by atoms with Crippen LogP contribution in [0, 0.1) is 0 Å². The van der Waals surface area contributed by atoms with Gasteiger partial charge in [-0.2, -0.15) is 0 Å². The van der Waals surface area contributed by atoms with E-state index >= 15 is 0 Å². The molecule has 3 N–H and O–H groups in total. The zero-order valence-corrected chi connectivity index (χ0v) is 14.9. The SMILES string of the molecule is N[C@@H]1CN(CC(=O)NC2CCN(C3CC3)CC2)C[C@H]1c1ccccc1. The third-order valence-corrected chi connectivity index (χ3v) is 5.99. The first kappa shape index (κ1) is 17.0. The Kier molecular flexibility index (Phi) is 5.06. The van der Waals surface area contributed by atoms with E-state index < -0.39 is 0 Å². The highest BCUT2D eigenvalue weighted by atomic mass is 16.2. The molecule has 3 fully saturated rings. The number of likely N-dealkylation sites (tertiary alicyclic amines) is 2. The first-order chi connectivity index (χ1) is 12.2. The van der Waals surface area contributed by atoms with Crippen molar-refractivity contribution in [2.75, 3.05) is 32.7 Å². The summed E-state index contributed by atoms with van der Waals surface area (Å²) in [7, 11) is 0. The van der Waals surface area contributed by atoms with Gasteiger partial charge in [0.25, 0.3) is 0 Å². The van der Waals surface area contributed by atoms with E-state index in [1.165, 1.54) is 18.4 Å². The number of piperidine rings is 1. The largest absolute Gasteiger partial charge is 0.352 e. The van der Waals surface area contributed by atoms with Gasteiger partial charge < -0.3 is 16.0 Å². The quantitative estimate of drug-likeness (QED) is 0.843. The van der Waals surface area contributed by atoms with Gasteiger partial charge in [0.15, 0.2) is 0 Å². The van der Waals surface area contributed by atoms with Gasteiger partial charge >= 0.3 is 0 Å². The van der Waals surface area contributed by atoms with Crippen molar-refractivity contribution in [1.82, 2.24) is 15.1 Å². The molecule has 1 saturated carbocycles. The number of benzene rings is 1. The number of rotatable bonds is 5. The van der Waals surface area contributed by atoms with Crippen LogP contribution in [0.2, 0.25) is 0 Å². The van der Waals surface area contributed by atoms with Crippen molar-refractivity contribution in [3.63, 3.8) is 0 Å². The lowest BCUT2D eigenvalue weighted by Crippen LogP contribution is -2.47. The van der Waals surface area contributed by atoms with Crippen LogP contribution in [0.5, 0.6) is 0 Å². The van der Waals surface area contributed by atoms with E-state index in [1.54, 1.807) is 0 Å². The van der Waals surface area contributed by atoms with Crippen molar-refractivity contribution in [3.8, 4) is 0 Å². The number of carbonyl (C=O) groups is 1. The van der Waals surface area contributed by atoms with Crippen LogP contribution in [0.1, 0.15) is 37.2 Å². The minimum atomic E-state index is 0.108. The van der Waals surface area contributed by atoms with E-state index in [-0.39, 0.29) is 11.9 Å². The molecular weight excluding hydrogens is 312 g/mol. The van der Waals surface area contributed by atoms with Crippen LogP contribution < -0.4 is 11.1 Å². The average molecular weight is 342 g/mol. The van der Waals surface area contributed by atoms with Crippen molar-refractivity contribution >= 4 is 5.91 Å². The molecule has 2 saturated heterocycles. The Hall–Kier alpha value is -1.43. The Morgan fingerprint density at radius 2 is 1.80 bits per heavy atom. The zero-order chi connectivity index (χ0) is 17.2. The fraction of sp³-hybridized carbons (Fsp3) is 0.650. The standard InChI is InChI=1S/C20H30N4O/c21-19-13-23(12-18(19)15-4-2-1-3-5-15)14-20(25)22-16-8-10-24(11-9-16)17-6-7-17/h1-5,16-19H,6-14,21H2,(H,22,25)/t18-,19+/m0/s1. The monoisotopic (exact) mass is 342 g/mol. The van der Waals surface area contributed by atoms with E-state index in [0.717, 1.165) is 45.1 Å². The second-order valence-electron chi connectivity index (χ2n) is 7.98. The van der Waals surface area contributed by atoms with Gasteiger partial charge in [-0.3, -0.25) is 9.69 Å². The van der Waals surface area contributed by atoms with E-state index in [0.29, 0.717) is 18.5 Å². The van der Waals surface area contributed by atoms with Gasteiger partial charge in [0.2, 0.25) is 5.91 Å². The summed E-state index contributed by atoms with van der Waals surface area (Å²) in [5.74, 6) is 0.488. The van der Waals surface area contributed by atoms with Crippen LogP contribution in [0.25, 0.3) is 0 Å². The van der Waals surface area contributed by atoms with E-state index in [1.807, 2.05) is 6.07 Å². The molecule has 1 aromatic carbocycles. The Bertz CT molecular complexity index is 581. The molecule has 5 nitrogen and oxygen atoms in total. The Morgan fingerprint density at radius 1 is 1.08 bits per heavy atom. The molecule has 1 aromatic rings. The first-order valence-corrected chi connectivity index (χ1v) is 9.75. The molecular formula is C20H30N4O. The summed E-state index contributed by atoms with van der Waals surface area (Å²) in [4.78, 5) is 17.2. The second kappa shape index (κ2) is 7.44. The number of amides is 1. The minimum absolute atomic E-state index is 0.108. The van der Waals surface area contributed by atoms with Crippen molar-refractivity contribution < 1.29 is 4.79 Å². The normalized spacial score (nSPS) is 29.0. The zero-order valence-electron chi connectivity index (χ0n) is 14.9. The highest BCUT2D eigenvalue weighted by Gasteiger charge is 2.34. The molecule has 3 aliphatic rings.